The molecule has 0 aliphatic carbocycles. The highest BCUT2D eigenvalue weighted by Gasteiger charge is 2.18. The number of rotatable bonds is 5. The fourth-order valence-electron chi connectivity index (χ4n) is 2.32. The third kappa shape index (κ3) is 3.96. The van der Waals surface area contributed by atoms with Gasteiger partial charge in [0.25, 0.3) is 5.91 Å². The van der Waals surface area contributed by atoms with E-state index < -0.39 is 0 Å². The van der Waals surface area contributed by atoms with Crippen molar-refractivity contribution in [1.82, 2.24) is 9.47 Å². The van der Waals surface area contributed by atoms with E-state index in [1.165, 1.54) is 4.90 Å². The molecule has 1 heterocycles. The van der Waals surface area contributed by atoms with E-state index in [4.69, 9.17) is 0 Å². The molecule has 1 aromatic heterocycles. The summed E-state index contributed by atoms with van der Waals surface area (Å²) < 4.78 is 2.93. The lowest BCUT2D eigenvalue weighted by molar-refractivity contribution is 0.0772. The van der Waals surface area contributed by atoms with Crippen LogP contribution in [-0.2, 0) is 6.54 Å². The first-order valence-corrected chi connectivity index (χ1v) is 9.20. The maximum Gasteiger partial charge on any atom is 0.270 e. The van der Waals surface area contributed by atoms with Gasteiger partial charge in [-0.3, -0.25) is 4.79 Å². The Hall–Kier alpha value is -1.20. The van der Waals surface area contributed by atoms with Crippen molar-refractivity contribution in [2.24, 2.45) is 0 Å². The molecule has 0 aliphatic rings. The zero-order chi connectivity index (χ0) is 16.3. The molecule has 118 valence electrons. The quantitative estimate of drug-likeness (QED) is 0.694. The van der Waals surface area contributed by atoms with Crippen molar-refractivity contribution in [2.75, 3.05) is 13.3 Å². The number of halogens is 1. The molecule has 0 unspecified atom stereocenters. The molecule has 0 aliphatic heterocycles. The second-order valence-electron chi connectivity index (χ2n) is 5.55. The van der Waals surface area contributed by atoms with Crippen LogP contribution in [0.15, 0.2) is 45.9 Å². The molecule has 0 atom stereocenters. The zero-order valence-corrected chi connectivity index (χ0v) is 15.7. The van der Waals surface area contributed by atoms with Gasteiger partial charge in [-0.1, -0.05) is 12.1 Å². The highest BCUT2D eigenvalue weighted by Crippen LogP contribution is 2.21. The van der Waals surface area contributed by atoms with Crippen molar-refractivity contribution in [2.45, 2.75) is 31.3 Å². The van der Waals surface area contributed by atoms with Gasteiger partial charge in [-0.2, -0.15) is 0 Å². The van der Waals surface area contributed by atoms with Gasteiger partial charge in [0.1, 0.15) is 5.69 Å². The Bertz CT molecular complexity index is 649. The van der Waals surface area contributed by atoms with Crippen LogP contribution in [0.4, 0.5) is 0 Å². The minimum Gasteiger partial charge on any atom is -0.340 e. The Morgan fingerprint density at radius 3 is 2.50 bits per heavy atom. The average Bonchev–Trinajstić information content (AvgIpc) is 2.89. The monoisotopic (exact) mass is 380 g/mol. The number of aromatic nitrogens is 1. The lowest BCUT2D eigenvalue weighted by atomic mass is 10.2. The Balaban J connectivity index is 2.14. The van der Waals surface area contributed by atoms with Crippen LogP contribution in [0.3, 0.4) is 0 Å². The number of benzene rings is 1. The molecule has 0 saturated heterocycles. The summed E-state index contributed by atoms with van der Waals surface area (Å²) in [6, 6.07) is 10.5. The smallest absolute Gasteiger partial charge is 0.270 e. The molecule has 1 aromatic carbocycles. The van der Waals surface area contributed by atoms with Gasteiger partial charge in [-0.25, -0.2) is 0 Å². The molecule has 5 heteroatoms. The molecule has 2 aromatic rings. The highest BCUT2D eigenvalue weighted by molar-refractivity contribution is 9.10. The topological polar surface area (TPSA) is 25.2 Å². The van der Waals surface area contributed by atoms with Crippen LogP contribution in [0, 0.1) is 0 Å². The van der Waals surface area contributed by atoms with Gasteiger partial charge in [0, 0.05) is 35.2 Å². The van der Waals surface area contributed by atoms with E-state index in [-0.39, 0.29) is 11.9 Å². The van der Waals surface area contributed by atoms with E-state index in [1.54, 1.807) is 16.7 Å². The number of nitrogens with zero attached hydrogens (tertiary/aromatic N) is 2. The van der Waals surface area contributed by atoms with E-state index in [2.05, 4.69) is 60.3 Å². The van der Waals surface area contributed by atoms with Crippen molar-refractivity contribution in [3.05, 3.63) is 52.3 Å². The standard InChI is InChI=1S/C17H21BrN2OS/c1-12(2)20-11-14(18)9-16(20)17(21)19(3)10-13-5-7-15(22-4)8-6-13/h5-9,11-12H,10H2,1-4H3. The first-order valence-electron chi connectivity index (χ1n) is 7.18. The third-order valence-corrected chi connectivity index (χ3v) is 4.69. The second kappa shape index (κ2) is 7.38. The first kappa shape index (κ1) is 17.2. The molecule has 1 amide bonds. The fourth-order valence-corrected chi connectivity index (χ4v) is 3.16. The lowest BCUT2D eigenvalue weighted by Crippen LogP contribution is -2.28. The molecule has 0 radical (unpaired) electrons. The minimum atomic E-state index is 0.0355. The average molecular weight is 381 g/mol. The summed E-state index contributed by atoms with van der Waals surface area (Å²) in [5, 5.41) is 0. The van der Waals surface area contributed by atoms with Crippen LogP contribution in [0.25, 0.3) is 0 Å². The third-order valence-electron chi connectivity index (χ3n) is 3.52. The van der Waals surface area contributed by atoms with Gasteiger partial charge in [0.15, 0.2) is 0 Å². The first-order chi connectivity index (χ1) is 10.4. The SMILES string of the molecule is CSc1ccc(CN(C)C(=O)c2cc(Br)cn2C(C)C)cc1. The summed E-state index contributed by atoms with van der Waals surface area (Å²) in [6.45, 7) is 4.75. The number of hydrogen-bond acceptors (Lipinski definition) is 2. The summed E-state index contributed by atoms with van der Waals surface area (Å²) in [5.74, 6) is 0.0355. The van der Waals surface area contributed by atoms with E-state index >= 15 is 0 Å². The predicted octanol–water partition coefficient (Wildman–Crippen LogP) is 4.83. The van der Waals surface area contributed by atoms with E-state index in [9.17, 15) is 4.79 Å². The summed E-state index contributed by atoms with van der Waals surface area (Å²) in [6.07, 6.45) is 4.02. The lowest BCUT2D eigenvalue weighted by Gasteiger charge is -2.20. The molecular formula is C17H21BrN2OS. The van der Waals surface area contributed by atoms with E-state index in [0.29, 0.717) is 12.2 Å². The van der Waals surface area contributed by atoms with Crippen LogP contribution in [0.1, 0.15) is 35.9 Å². The number of hydrogen-bond donors (Lipinski definition) is 0. The molecule has 3 nitrogen and oxygen atoms in total. The van der Waals surface area contributed by atoms with Crippen molar-refractivity contribution < 1.29 is 4.79 Å². The largest absolute Gasteiger partial charge is 0.340 e. The molecule has 0 fully saturated rings. The van der Waals surface area contributed by atoms with Crippen LogP contribution in [0.5, 0.6) is 0 Å². The minimum absolute atomic E-state index is 0.0355. The van der Waals surface area contributed by atoms with Crippen LogP contribution in [-0.4, -0.2) is 28.7 Å². The maximum atomic E-state index is 12.7. The Morgan fingerprint density at radius 1 is 1.32 bits per heavy atom. The summed E-state index contributed by atoms with van der Waals surface area (Å²) in [7, 11) is 1.84. The van der Waals surface area contributed by atoms with Gasteiger partial charge >= 0.3 is 0 Å². The van der Waals surface area contributed by atoms with Crippen molar-refractivity contribution in [3.63, 3.8) is 0 Å². The molecular weight excluding hydrogens is 360 g/mol. The summed E-state index contributed by atoms with van der Waals surface area (Å²) in [5.41, 5.74) is 1.85. The Morgan fingerprint density at radius 2 is 1.95 bits per heavy atom. The van der Waals surface area contributed by atoms with Gasteiger partial charge in [0.2, 0.25) is 0 Å². The van der Waals surface area contributed by atoms with E-state index in [1.807, 2.05) is 23.9 Å². The number of thioether (sulfide) groups is 1. The normalized spacial score (nSPS) is 11.0. The van der Waals surface area contributed by atoms with E-state index in [0.717, 1.165) is 10.0 Å². The molecule has 0 spiro atoms. The van der Waals surface area contributed by atoms with Gasteiger partial charge < -0.3 is 9.47 Å². The number of carbonyl (C=O) groups excluding carboxylic acids is 1. The van der Waals surface area contributed by atoms with Crippen molar-refractivity contribution >= 4 is 33.6 Å². The van der Waals surface area contributed by atoms with Gasteiger partial charge in [0.05, 0.1) is 0 Å². The molecule has 0 N–H and O–H groups in total. The van der Waals surface area contributed by atoms with Crippen molar-refractivity contribution in [3.8, 4) is 0 Å². The van der Waals surface area contributed by atoms with Crippen LogP contribution < -0.4 is 0 Å². The molecule has 0 bridgehead atoms. The second-order valence-corrected chi connectivity index (χ2v) is 7.35. The summed E-state index contributed by atoms with van der Waals surface area (Å²) in [4.78, 5) is 15.7. The fraction of sp³-hybridized carbons (Fsp3) is 0.353. The zero-order valence-electron chi connectivity index (χ0n) is 13.3. The van der Waals surface area contributed by atoms with Gasteiger partial charge in [-0.15, -0.1) is 11.8 Å². The highest BCUT2D eigenvalue weighted by atomic mass is 79.9. The Labute approximate surface area is 144 Å². The molecule has 22 heavy (non-hydrogen) atoms. The maximum absolute atomic E-state index is 12.7. The number of carbonyl (C=O) groups is 1. The van der Waals surface area contributed by atoms with Crippen LogP contribution >= 0.6 is 27.7 Å². The van der Waals surface area contributed by atoms with Gasteiger partial charge in [-0.05, 0) is 59.8 Å². The van der Waals surface area contributed by atoms with Crippen molar-refractivity contribution in [1.29, 1.82) is 0 Å². The Kier molecular flexibility index (Phi) is 5.75. The number of amides is 1. The molecule has 2 rings (SSSR count). The predicted molar refractivity (Wildman–Crippen MR) is 96.5 cm³/mol. The summed E-state index contributed by atoms with van der Waals surface area (Å²) >= 11 is 5.18. The van der Waals surface area contributed by atoms with Crippen LogP contribution in [0.2, 0.25) is 0 Å². The molecule has 0 saturated carbocycles.